The number of nitrogens with two attached hydrogens (primary N) is 1. The smallest absolute Gasteiger partial charge is 0.248 e. The van der Waals surface area contributed by atoms with Crippen LogP contribution in [0.15, 0.2) is 53.4 Å². The number of benzene rings is 2. The van der Waals surface area contributed by atoms with Gasteiger partial charge in [-0.25, -0.2) is 13.6 Å². The number of rotatable bonds is 4. The Morgan fingerprint density at radius 1 is 1.09 bits per heavy atom. The molecule has 0 fully saturated rings. The summed E-state index contributed by atoms with van der Waals surface area (Å²) in [6, 6.07) is 10.6. The van der Waals surface area contributed by atoms with Gasteiger partial charge in [0.25, 0.3) is 0 Å². The zero-order valence-electron chi connectivity index (χ0n) is 11.7. The number of carbonyl (C=O) groups excluding carboxylic acids is 1. The maximum Gasteiger partial charge on any atom is 0.248 e. The van der Waals surface area contributed by atoms with Crippen molar-refractivity contribution in [2.24, 2.45) is 5.14 Å². The van der Waals surface area contributed by atoms with Crippen molar-refractivity contribution in [2.75, 3.05) is 5.32 Å². The molecule has 0 aliphatic heterocycles. The number of primary sulfonamides is 1. The fourth-order valence-corrected chi connectivity index (χ4v) is 2.59. The predicted molar refractivity (Wildman–Crippen MR) is 91.9 cm³/mol. The Labute approximate surface area is 143 Å². The average molecular weight is 371 g/mol. The second kappa shape index (κ2) is 7.14. The van der Waals surface area contributed by atoms with Crippen LogP contribution in [0.2, 0.25) is 10.0 Å². The second-order valence-electron chi connectivity index (χ2n) is 4.57. The van der Waals surface area contributed by atoms with Gasteiger partial charge >= 0.3 is 0 Å². The van der Waals surface area contributed by atoms with Gasteiger partial charge in [-0.3, -0.25) is 4.79 Å². The van der Waals surface area contributed by atoms with Crippen molar-refractivity contribution in [1.29, 1.82) is 0 Å². The van der Waals surface area contributed by atoms with E-state index in [2.05, 4.69) is 5.32 Å². The quantitative estimate of drug-likeness (QED) is 0.809. The highest BCUT2D eigenvalue weighted by Crippen LogP contribution is 2.23. The lowest BCUT2D eigenvalue weighted by molar-refractivity contribution is -0.111. The molecule has 0 bridgehead atoms. The van der Waals surface area contributed by atoms with E-state index < -0.39 is 15.9 Å². The molecule has 0 heterocycles. The molecule has 0 spiro atoms. The molecule has 0 saturated heterocycles. The predicted octanol–water partition coefficient (Wildman–Crippen LogP) is 3.29. The molecule has 0 radical (unpaired) electrons. The summed E-state index contributed by atoms with van der Waals surface area (Å²) in [4.78, 5) is 11.8. The van der Waals surface area contributed by atoms with Crippen molar-refractivity contribution in [3.05, 3.63) is 64.1 Å². The molecule has 0 atom stereocenters. The van der Waals surface area contributed by atoms with Gasteiger partial charge in [0.2, 0.25) is 15.9 Å². The summed E-state index contributed by atoms with van der Waals surface area (Å²) >= 11 is 11.7. The van der Waals surface area contributed by atoms with Gasteiger partial charge < -0.3 is 5.32 Å². The summed E-state index contributed by atoms with van der Waals surface area (Å²) in [5.41, 5.74) is 1.02. The first kappa shape index (κ1) is 17.5. The van der Waals surface area contributed by atoms with E-state index in [-0.39, 0.29) is 4.90 Å². The average Bonchev–Trinajstić information content (AvgIpc) is 2.48. The van der Waals surface area contributed by atoms with Crippen LogP contribution in [-0.2, 0) is 14.8 Å². The SMILES string of the molecule is NS(=O)(=O)c1cccc(NC(=O)/C=C/c2ccc(Cl)c(Cl)c2)c1. The Hall–Kier alpha value is -1.86. The first-order valence-corrected chi connectivity index (χ1v) is 8.63. The van der Waals surface area contributed by atoms with Crippen LogP contribution in [0.1, 0.15) is 5.56 Å². The van der Waals surface area contributed by atoms with Gasteiger partial charge in [-0.15, -0.1) is 0 Å². The largest absolute Gasteiger partial charge is 0.322 e. The molecule has 0 aliphatic carbocycles. The molecule has 8 heteroatoms. The number of sulfonamides is 1. The first-order valence-electron chi connectivity index (χ1n) is 6.33. The van der Waals surface area contributed by atoms with E-state index in [9.17, 15) is 13.2 Å². The summed E-state index contributed by atoms with van der Waals surface area (Å²) in [5.74, 6) is -0.428. The zero-order chi connectivity index (χ0) is 17.0. The van der Waals surface area contributed by atoms with Crippen LogP contribution in [0.3, 0.4) is 0 Å². The molecule has 120 valence electrons. The highest BCUT2D eigenvalue weighted by atomic mass is 35.5. The number of hydrogen-bond donors (Lipinski definition) is 2. The van der Waals surface area contributed by atoms with Crippen LogP contribution in [0.5, 0.6) is 0 Å². The molecule has 0 aliphatic rings. The van der Waals surface area contributed by atoms with Crippen LogP contribution < -0.4 is 10.5 Å². The van der Waals surface area contributed by atoms with Crippen molar-refractivity contribution >= 4 is 50.9 Å². The summed E-state index contributed by atoms with van der Waals surface area (Å²) in [6.45, 7) is 0. The number of nitrogens with one attached hydrogen (secondary N) is 1. The lowest BCUT2D eigenvalue weighted by Gasteiger charge is -2.04. The van der Waals surface area contributed by atoms with Gasteiger partial charge in [-0.2, -0.15) is 0 Å². The van der Waals surface area contributed by atoms with Gasteiger partial charge in [0.05, 0.1) is 14.9 Å². The Balaban J connectivity index is 2.10. The minimum atomic E-state index is -3.82. The summed E-state index contributed by atoms with van der Waals surface area (Å²) in [6.07, 6.45) is 2.85. The van der Waals surface area contributed by atoms with Gasteiger partial charge in [-0.1, -0.05) is 35.3 Å². The Bertz CT molecular complexity index is 880. The Morgan fingerprint density at radius 3 is 2.48 bits per heavy atom. The van der Waals surface area contributed by atoms with E-state index in [0.29, 0.717) is 21.3 Å². The molecule has 1 amide bonds. The third kappa shape index (κ3) is 5.07. The summed E-state index contributed by atoms with van der Waals surface area (Å²) < 4.78 is 22.5. The number of hydrogen-bond acceptors (Lipinski definition) is 3. The zero-order valence-corrected chi connectivity index (χ0v) is 14.0. The van der Waals surface area contributed by atoms with E-state index in [1.54, 1.807) is 30.3 Å². The molecule has 3 N–H and O–H groups in total. The van der Waals surface area contributed by atoms with Gasteiger partial charge in [0.15, 0.2) is 0 Å². The van der Waals surface area contributed by atoms with Crippen LogP contribution in [-0.4, -0.2) is 14.3 Å². The third-order valence-corrected chi connectivity index (χ3v) is 4.45. The van der Waals surface area contributed by atoms with Gasteiger partial charge in [0, 0.05) is 11.8 Å². The molecule has 0 saturated carbocycles. The normalized spacial score (nSPS) is 11.6. The van der Waals surface area contributed by atoms with Crippen LogP contribution >= 0.6 is 23.2 Å². The fraction of sp³-hybridized carbons (Fsp3) is 0. The highest BCUT2D eigenvalue weighted by molar-refractivity contribution is 7.89. The standard InChI is InChI=1S/C15H12Cl2N2O3S/c16-13-6-4-10(8-14(13)17)5-7-15(20)19-11-2-1-3-12(9-11)23(18,21)22/h1-9H,(H,19,20)(H2,18,21,22)/b7-5+. The van der Waals surface area contributed by atoms with E-state index in [4.69, 9.17) is 28.3 Å². The van der Waals surface area contributed by atoms with Crippen LogP contribution in [0, 0.1) is 0 Å². The lowest BCUT2D eigenvalue weighted by atomic mass is 10.2. The van der Waals surface area contributed by atoms with E-state index in [1.165, 1.54) is 24.3 Å². The molecule has 23 heavy (non-hydrogen) atoms. The van der Waals surface area contributed by atoms with Crippen molar-refractivity contribution in [3.63, 3.8) is 0 Å². The molecule has 2 aromatic carbocycles. The van der Waals surface area contributed by atoms with E-state index in [1.807, 2.05) is 0 Å². The van der Waals surface area contributed by atoms with Crippen molar-refractivity contribution in [2.45, 2.75) is 4.90 Å². The summed E-state index contributed by atoms with van der Waals surface area (Å²) in [5, 5.41) is 8.39. The maximum atomic E-state index is 11.9. The van der Waals surface area contributed by atoms with Crippen molar-refractivity contribution < 1.29 is 13.2 Å². The minimum Gasteiger partial charge on any atom is -0.322 e. The lowest BCUT2D eigenvalue weighted by Crippen LogP contribution is -2.13. The number of amides is 1. The summed E-state index contributed by atoms with van der Waals surface area (Å²) in [7, 11) is -3.82. The Morgan fingerprint density at radius 2 is 1.83 bits per heavy atom. The Kier molecular flexibility index (Phi) is 5.43. The monoisotopic (exact) mass is 370 g/mol. The minimum absolute atomic E-state index is 0.0798. The molecular weight excluding hydrogens is 359 g/mol. The number of halogens is 2. The maximum absolute atomic E-state index is 11.9. The molecule has 0 aromatic heterocycles. The molecule has 2 rings (SSSR count). The molecule has 2 aromatic rings. The van der Waals surface area contributed by atoms with Gasteiger partial charge in [0.1, 0.15) is 0 Å². The number of carbonyl (C=O) groups is 1. The molecule has 5 nitrogen and oxygen atoms in total. The van der Waals surface area contributed by atoms with Crippen molar-refractivity contribution in [3.8, 4) is 0 Å². The van der Waals surface area contributed by atoms with E-state index >= 15 is 0 Å². The third-order valence-electron chi connectivity index (χ3n) is 2.80. The highest BCUT2D eigenvalue weighted by Gasteiger charge is 2.08. The van der Waals surface area contributed by atoms with Crippen LogP contribution in [0.4, 0.5) is 5.69 Å². The first-order chi connectivity index (χ1) is 10.8. The number of anilines is 1. The van der Waals surface area contributed by atoms with Crippen molar-refractivity contribution in [1.82, 2.24) is 0 Å². The van der Waals surface area contributed by atoms with E-state index in [0.717, 1.165) is 0 Å². The van der Waals surface area contributed by atoms with Gasteiger partial charge in [-0.05, 0) is 42.0 Å². The van der Waals surface area contributed by atoms with Crippen LogP contribution in [0.25, 0.3) is 6.08 Å². The molecular formula is C15H12Cl2N2O3S. The topological polar surface area (TPSA) is 89.3 Å². The fourth-order valence-electron chi connectivity index (χ4n) is 1.72. The second-order valence-corrected chi connectivity index (χ2v) is 6.94. The molecule has 0 unspecified atom stereocenters.